The number of amides is 1. The molecule has 0 atom stereocenters. The summed E-state index contributed by atoms with van der Waals surface area (Å²) in [5, 5.41) is 14.5. The second-order valence-corrected chi connectivity index (χ2v) is 5.66. The van der Waals surface area contributed by atoms with Gasteiger partial charge in [-0.1, -0.05) is 12.1 Å². The van der Waals surface area contributed by atoms with Crippen LogP contribution in [0.15, 0.2) is 35.8 Å². The van der Waals surface area contributed by atoms with E-state index in [1.165, 1.54) is 23.5 Å². The highest BCUT2D eigenvalue weighted by atomic mass is 32.1. The molecule has 0 saturated carbocycles. The molecule has 1 heterocycles. The molecule has 0 unspecified atom stereocenters. The van der Waals surface area contributed by atoms with Gasteiger partial charge in [-0.25, -0.2) is 9.78 Å². The molecule has 0 saturated heterocycles. The number of rotatable bonds is 4. The maximum Gasteiger partial charge on any atom is 0.336 e. The first-order chi connectivity index (χ1) is 9.42. The van der Waals surface area contributed by atoms with Gasteiger partial charge in [-0.3, -0.25) is 4.79 Å². The van der Waals surface area contributed by atoms with Crippen LogP contribution in [-0.2, 0) is 5.54 Å². The molecule has 5 nitrogen and oxygen atoms in total. The van der Waals surface area contributed by atoms with Crippen LogP contribution in [0.5, 0.6) is 0 Å². The quantitative estimate of drug-likeness (QED) is 0.906. The van der Waals surface area contributed by atoms with E-state index < -0.39 is 17.4 Å². The van der Waals surface area contributed by atoms with Crippen LogP contribution in [0, 0.1) is 0 Å². The molecule has 0 fully saturated rings. The molecule has 6 heteroatoms. The molecule has 1 amide bonds. The standard InChI is InChI=1S/C14H14N2O3S/c1-14(2,13-15-7-8-20-13)16-11(17)9-5-3-4-6-10(9)12(18)19/h3-8H,1-2H3,(H,16,17)(H,18,19). The molecule has 0 aliphatic heterocycles. The Kier molecular flexibility index (Phi) is 3.85. The number of nitrogens with zero attached hydrogens (tertiary/aromatic N) is 1. The molecule has 2 N–H and O–H groups in total. The number of nitrogens with one attached hydrogen (secondary N) is 1. The van der Waals surface area contributed by atoms with Crippen LogP contribution < -0.4 is 5.32 Å². The third kappa shape index (κ3) is 2.85. The third-order valence-corrected chi connectivity index (χ3v) is 3.89. The van der Waals surface area contributed by atoms with Gasteiger partial charge in [0.2, 0.25) is 0 Å². The first kappa shape index (κ1) is 14.2. The first-order valence-corrected chi connectivity index (χ1v) is 6.84. The maximum absolute atomic E-state index is 12.3. The minimum Gasteiger partial charge on any atom is -0.478 e. The second kappa shape index (κ2) is 5.42. The Bertz CT molecular complexity index is 636. The van der Waals surface area contributed by atoms with E-state index in [9.17, 15) is 9.59 Å². The van der Waals surface area contributed by atoms with Crippen LogP contribution in [-0.4, -0.2) is 22.0 Å². The van der Waals surface area contributed by atoms with Gasteiger partial charge in [-0.15, -0.1) is 11.3 Å². The molecule has 0 radical (unpaired) electrons. The molecule has 0 aliphatic carbocycles. The van der Waals surface area contributed by atoms with Crippen molar-refractivity contribution < 1.29 is 14.7 Å². The van der Waals surface area contributed by atoms with Crippen LogP contribution >= 0.6 is 11.3 Å². The average molecular weight is 290 g/mol. The molecule has 1 aromatic heterocycles. The monoisotopic (exact) mass is 290 g/mol. The topological polar surface area (TPSA) is 79.3 Å². The Morgan fingerprint density at radius 2 is 1.90 bits per heavy atom. The highest BCUT2D eigenvalue weighted by Crippen LogP contribution is 2.23. The van der Waals surface area contributed by atoms with Crippen LogP contribution in [0.1, 0.15) is 39.6 Å². The van der Waals surface area contributed by atoms with Crippen LogP contribution in [0.3, 0.4) is 0 Å². The van der Waals surface area contributed by atoms with Crippen molar-refractivity contribution in [3.05, 3.63) is 52.0 Å². The smallest absolute Gasteiger partial charge is 0.336 e. The Hall–Kier alpha value is -2.21. The Morgan fingerprint density at radius 1 is 1.25 bits per heavy atom. The van der Waals surface area contributed by atoms with E-state index >= 15 is 0 Å². The lowest BCUT2D eigenvalue weighted by atomic mass is 10.0. The number of thiazole rings is 1. The molecule has 0 spiro atoms. The van der Waals surface area contributed by atoms with E-state index in [0.717, 1.165) is 5.01 Å². The van der Waals surface area contributed by atoms with E-state index in [4.69, 9.17) is 5.11 Å². The minimum atomic E-state index is -1.12. The molecule has 0 bridgehead atoms. The number of aromatic nitrogens is 1. The van der Waals surface area contributed by atoms with Crippen molar-refractivity contribution in [3.63, 3.8) is 0 Å². The lowest BCUT2D eigenvalue weighted by Gasteiger charge is -2.24. The van der Waals surface area contributed by atoms with Gasteiger partial charge in [0, 0.05) is 11.6 Å². The number of hydrogen-bond acceptors (Lipinski definition) is 4. The van der Waals surface area contributed by atoms with Crippen molar-refractivity contribution in [1.82, 2.24) is 10.3 Å². The zero-order valence-electron chi connectivity index (χ0n) is 11.1. The van der Waals surface area contributed by atoms with Crippen molar-refractivity contribution in [1.29, 1.82) is 0 Å². The van der Waals surface area contributed by atoms with Crippen molar-refractivity contribution in [2.24, 2.45) is 0 Å². The van der Waals surface area contributed by atoms with Gasteiger partial charge in [-0.2, -0.15) is 0 Å². The summed E-state index contributed by atoms with van der Waals surface area (Å²) in [5.74, 6) is -1.55. The molecular weight excluding hydrogens is 276 g/mol. The molecule has 104 valence electrons. The number of carbonyl (C=O) groups excluding carboxylic acids is 1. The van der Waals surface area contributed by atoms with Gasteiger partial charge in [0.05, 0.1) is 16.7 Å². The van der Waals surface area contributed by atoms with Gasteiger partial charge >= 0.3 is 5.97 Å². The predicted octanol–water partition coefficient (Wildman–Crippen LogP) is 2.51. The van der Waals surface area contributed by atoms with Crippen molar-refractivity contribution in [3.8, 4) is 0 Å². The number of benzene rings is 1. The number of carboxylic acids is 1. The fourth-order valence-electron chi connectivity index (χ4n) is 1.80. The molecular formula is C14H14N2O3S. The first-order valence-electron chi connectivity index (χ1n) is 5.96. The summed E-state index contributed by atoms with van der Waals surface area (Å²) in [6.45, 7) is 3.65. The minimum absolute atomic E-state index is 0.0139. The van der Waals surface area contributed by atoms with E-state index in [1.54, 1.807) is 18.3 Å². The largest absolute Gasteiger partial charge is 0.478 e. The number of carboxylic acid groups (broad SMARTS) is 1. The predicted molar refractivity (Wildman–Crippen MR) is 76.0 cm³/mol. The van der Waals surface area contributed by atoms with Gasteiger partial charge in [0.1, 0.15) is 5.01 Å². The van der Waals surface area contributed by atoms with Gasteiger partial charge in [0.25, 0.3) is 5.91 Å². The zero-order valence-corrected chi connectivity index (χ0v) is 11.9. The third-order valence-electron chi connectivity index (χ3n) is 2.80. The van der Waals surface area contributed by atoms with E-state index in [2.05, 4.69) is 10.3 Å². The summed E-state index contributed by atoms with van der Waals surface area (Å²) in [5.41, 5.74) is -0.527. The van der Waals surface area contributed by atoms with Crippen molar-refractivity contribution in [2.75, 3.05) is 0 Å². The van der Waals surface area contributed by atoms with Gasteiger partial charge < -0.3 is 10.4 Å². The Balaban J connectivity index is 2.27. The number of hydrogen-bond donors (Lipinski definition) is 2. The van der Waals surface area contributed by atoms with E-state index in [0.29, 0.717) is 0 Å². The fraction of sp³-hybridized carbons (Fsp3) is 0.214. The van der Waals surface area contributed by atoms with Gasteiger partial charge in [-0.05, 0) is 26.0 Å². The van der Waals surface area contributed by atoms with Crippen LogP contribution in [0.2, 0.25) is 0 Å². The Morgan fingerprint density at radius 3 is 2.45 bits per heavy atom. The van der Waals surface area contributed by atoms with E-state index in [1.807, 2.05) is 19.2 Å². The summed E-state index contributed by atoms with van der Waals surface area (Å²) in [4.78, 5) is 27.6. The summed E-state index contributed by atoms with van der Waals surface area (Å²) >= 11 is 1.44. The summed E-state index contributed by atoms with van der Waals surface area (Å²) in [6.07, 6.45) is 1.67. The Labute approximate surface area is 120 Å². The fourth-order valence-corrected chi connectivity index (χ4v) is 2.52. The molecule has 20 heavy (non-hydrogen) atoms. The number of carbonyl (C=O) groups is 2. The van der Waals surface area contributed by atoms with Crippen molar-refractivity contribution in [2.45, 2.75) is 19.4 Å². The molecule has 2 rings (SSSR count). The van der Waals surface area contributed by atoms with Crippen LogP contribution in [0.25, 0.3) is 0 Å². The summed E-state index contributed by atoms with van der Waals surface area (Å²) in [7, 11) is 0. The van der Waals surface area contributed by atoms with Gasteiger partial charge in [0.15, 0.2) is 0 Å². The molecule has 2 aromatic rings. The van der Waals surface area contributed by atoms with Crippen LogP contribution in [0.4, 0.5) is 0 Å². The SMILES string of the molecule is CC(C)(NC(=O)c1ccccc1C(=O)O)c1nccs1. The highest BCUT2D eigenvalue weighted by molar-refractivity contribution is 7.09. The lowest BCUT2D eigenvalue weighted by Crippen LogP contribution is -2.41. The summed E-state index contributed by atoms with van der Waals surface area (Å²) in [6, 6.07) is 6.13. The van der Waals surface area contributed by atoms with E-state index in [-0.39, 0.29) is 11.1 Å². The summed E-state index contributed by atoms with van der Waals surface area (Å²) < 4.78 is 0. The normalized spacial score (nSPS) is 11.1. The second-order valence-electron chi connectivity index (χ2n) is 4.77. The molecule has 1 aromatic carbocycles. The number of aromatic carboxylic acids is 1. The maximum atomic E-state index is 12.3. The zero-order chi connectivity index (χ0) is 14.8. The lowest BCUT2D eigenvalue weighted by molar-refractivity contribution is 0.0689. The molecule has 0 aliphatic rings. The van der Waals surface area contributed by atoms with Crippen molar-refractivity contribution >= 4 is 23.2 Å². The average Bonchev–Trinajstić information content (AvgIpc) is 2.92. The highest BCUT2D eigenvalue weighted by Gasteiger charge is 2.27.